The molecule has 2 aromatic rings. The number of rotatable bonds is 11. The average Bonchev–Trinajstić information content (AvgIpc) is 2.89. The van der Waals surface area contributed by atoms with Crippen LogP contribution >= 0.6 is 0 Å². The number of carboxylic acids is 1. The van der Waals surface area contributed by atoms with E-state index in [1.54, 1.807) is 26.0 Å². The highest BCUT2D eigenvalue weighted by Gasteiger charge is 2.55. The second-order valence-electron chi connectivity index (χ2n) is 12.9. The number of nitrogens with one attached hydrogen (secondary N) is 3. The number of hydrogen-bond acceptors (Lipinski definition) is 6. The first-order valence-electron chi connectivity index (χ1n) is 15.2. The Morgan fingerprint density at radius 2 is 1.70 bits per heavy atom. The first-order chi connectivity index (χ1) is 20.3. The van der Waals surface area contributed by atoms with Gasteiger partial charge in [0.2, 0.25) is 21.8 Å². The maximum absolute atomic E-state index is 13.0. The Kier molecular flexibility index (Phi) is 8.94. The molecule has 1 spiro atoms. The van der Waals surface area contributed by atoms with E-state index in [0.717, 1.165) is 36.9 Å². The molecule has 5 rings (SSSR count). The molecule has 4 N–H and O–H groups in total. The Morgan fingerprint density at radius 1 is 1.02 bits per heavy atom. The molecule has 43 heavy (non-hydrogen) atoms. The van der Waals surface area contributed by atoms with E-state index in [1.165, 1.54) is 24.1 Å². The Balaban J connectivity index is 1.03. The van der Waals surface area contributed by atoms with Crippen molar-refractivity contribution in [1.82, 2.24) is 20.3 Å². The Bertz CT molecular complexity index is 1500. The molecule has 1 aromatic carbocycles. The number of nitrogens with zero attached hydrogens (tertiary/aromatic N) is 1. The van der Waals surface area contributed by atoms with Crippen molar-refractivity contribution in [2.24, 2.45) is 11.3 Å². The summed E-state index contributed by atoms with van der Waals surface area (Å²) in [6.07, 6.45) is 8.53. The molecule has 1 heterocycles. The number of amides is 2. The van der Waals surface area contributed by atoms with Gasteiger partial charge in [-0.25, -0.2) is 8.42 Å². The minimum Gasteiger partial charge on any atom is -0.480 e. The molecule has 0 bridgehead atoms. The van der Waals surface area contributed by atoms with Crippen LogP contribution in [0.25, 0.3) is 0 Å². The van der Waals surface area contributed by atoms with Crippen LogP contribution in [0.4, 0.5) is 0 Å². The van der Waals surface area contributed by atoms with Crippen LogP contribution in [0.2, 0.25) is 0 Å². The number of pyridine rings is 1. The Hall–Kier alpha value is -3.31. The number of aliphatic carboxylic acids is 1. The summed E-state index contributed by atoms with van der Waals surface area (Å²) in [5, 5.41) is 15.4. The van der Waals surface area contributed by atoms with E-state index < -0.39 is 22.0 Å². The van der Waals surface area contributed by atoms with Gasteiger partial charge in [0.25, 0.3) is 0 Å². The van der Waals surface area contributed by atoms with Gasteiger partial charge in [0.1, 0.15) is 6.04 Å². The summed E-state index contributed by atoms with van der Waals surface area (Å²) in [4.78, 5) is 42.0. The van der Waals surface area contributed by atoms with E-state index in [1.807, 2.05) is 13.0 Å². The summed E-state index contributed by atoms with van der Waals surface area (Å²) in [7, 11) is -4.12. The lowest BCUT2D eigenvalue weighted by Gasteiger charge is -2.57. The van der Waals surface area contributed by atoms with Crippen LogP contribution in [-0.2, 0) is 43.7 Å². The predicted molar refractivity (Wildman–Crippen MR) is 161 cm³/mol. The summed E-state index contributed by atoms with van der Waals surface area (Å²) in [6.45, 7) is 4.85. The molecule has 2 saturated carbocycles. The van der Waals surface area contributed by atoms with Crippen molar-refractivity contribution in [2.45, 2.75) is 102 Å². The van der Waals surface area contributed by atoms with E-state index >= 15 is 0 Å². The second kappa shape index (κ2) is 12.4. The van der Waals surface area contributed by atoms with Crippen LogP contribution in [0.1, 0.15) is 78.6 Å². The van der Waals surface area contributed by atoms with Gasteiger partial charge < -0.3 is 15.7 Å². The third kappa shape index (κ3) is 7.09. The molecule has 0 unspecified atom stereocenters. The van der Waals surface area contributed by atoms with E-state index in [4.69, 9.17) is 4.98 Å². The molecule has 232 valence electrons. The van der Waals surface area contributed by atoms with Crippen molar-refractivity contribution in [3.8, 4) is 0 Å². The summed E-state index contributed by atoms with van der Waals surface area (Å²) in [6, 6.07) is 6.26. The molecule has 10 nitrogen and oxygen atoms in total. The number of carbonyl (C=O) groups is 3. The molecule has 1 aromatic heterocycles. The summed E-state index contributed by atoms with van der Waals surface area (Å²) in [5.74, 6) is -1.87. The summed E-state index contributed by atoms with van der Waals surface area (Å²) in [5.41, 5.74) is 5.48. The number of carboxylic acid groups (broad SMARTS) is 1. The van der Waals surface area contributed by atoms with Gasteiger partial charge >= 0.3 is 5.97 Å². The molecule has 2 fully saturated rings. The zero-order valence-corrected chi connectivity index (χ0v) is 26.0. The van der Waals surface area contributed by atoms with Crippen LogP contribution in [-0.4, -0.2) is 54.9 Å². The molecular formula is C32H42N4O6S. The van der Waals surface area contributed by atoms with Crippen molar-refractivity contribution < 1.29 is 27.9 Å². The lowest BCUT2D eigenvalue weighted by molar-refractivity contribution is -0.142. The van der Waals surface area contributed by atoms with Gasteiger partial charge in [-0.3, -0.25) is 19.4 Å². The number of aryl methyl sites for hydroxylation is 6. The topological polar surface area (TPSA) is 155 Å². The lowest BCUT2D eigenvalue weighted by atomic mass is 9.50. The van der Waals surface area contributed by atoms with Crippen LogP contribution in [0.15, 0.2) is 29.2 Å². The van der Waals surface area contributed by atoms with Crippen molar-refractivity contribution in [3.63, 3.8) is 0 Å². The van der Waals surface area contributed by atoms with Gasteiger partial charge in [-0.2, -0.15) is 4.72 Å². The SMILES string of the molecule is Cc1cc(C)c(S(=O)(=O)N[C@@H](CNC(=O)C2CC3(CC(NC(=O)CCc4ccc5c(n4)CCCC5)C3)C2)C(=O)O)c(C)c1. The number of sulfonamides is 1. The molecule has 11 heteroatoms. The van der Waals surface area contributed by atoms with Crippen molar-refractivity contribution in [2.75, 3.05) is 6.54 Å². The zero-order valence-electron chi connectivity index (χ0n) is 25.2. The van der Waals surface area contributed by atoms with E-state index in [-0.39, 0.29) is 40.6 Å². The first kappa shape index (κ1) is 31.1. The highest BCUT2D eigenvalue weighted by atomic mass is 32.2. The van der Waals surface area contributed by atoms with Gasteiger partial charge in [0.05, 0.1) is 4.90 Å². The fourth-order valence-corrected chi connectivity index (χ4v) is 8.91. The number of aromatic nitrogens is 1. The van der Waals surface area contributed by atoms with Crippen molar-refractivity contribution in [1.29, 1.82) is 0 Å². The zero-order chi connectivity index (χ0) is 30.9. The number of carbonyl (C=O) groups excluding carboxylic acids is 2. The summed E-state index contributed by atoms with van der Waals surface area (Å²) < 4.78 is 28.3. The van der Waals surface area contributed by atoms with Crippen molar-refractivity contribution in [3.05, 3.63) is 57.9 Å². The average molecular weight is 611 g/mol. The maximum Gasteiger partial charge on any atom is 0.323 e. The summed E-state index contributed by atoms with van der Waals surface area (Å²) >= 11 is 0. The Labute approximate surface area is 253 Å². The van der Waals surface area contributed by atoms with Crippen LogP contribution in [0, 0.1) is 32.1 Å². The lowest BCUT2D eigenvalue weighted by Crippen LogP contribution is -2.59. The standard InChI is InChI=1S/C32H42N4O6S/c1-19-12-20(2)29(21(3)13-19)43(41,42)36-27(31(39)40)18-33-30(38)23-14-32(15-23)16-25(17-32)35-28(37)11-10-24-9-8-22-6-4-5-7-26(22)34-24/h8-9,12-13,23,25,27,36H,4-7,10-11,14-18H2,1-3H3,(H,33,38)(H,35,37)(H,39,40)/t23?,25?,27-,32?/m0/s1. The highest BCUT2D eigenvalue weighted by molar-refractivity contribution is 7.89. The first-order valence-corrected chi connectivity index (χ1v) is 16.7. The normalized spacial score (nSPS) is 23.4. The molecule has 1 atom stereocenters. The van der Waals surface area contributed by atoms with E-state index in [0.29, 0.717) is 36.8 Å². The second-order valence-corrected chi connectivity index (χ2v) is 14.5. The molecule has 3 aliphatic rings. The van der Waals surface area contributed by atoms with Crippen LogP contribution in [0.5, 0.6) is 0 Å². The van der Waals surface area contributed by atoms with E-state index in [2.05, 4.69) is 21.4 Å². The predicted octanol–water partition coefficient (Wildman–Crippen LogP) is 3.04. The number of hydrogen-bond donors (Lipinski definition) is 4. The van der Waals surface area contributed by atoms with Crippen LogP contribution in [0.3, 0.4) is 0 Å². The Morgan fingerprint density at radius 3 is 2.37 bits per heavy atom. The quantitative estimate of drug-likeness (QED) is 0.305. The maximum atomic E-state index is 13.0. The molecule has 0 radical (unpaired) electrons. The smallest absolute Gasteiger partial charge is 0.323 e. The molecule has 0 saturated heterocycles. The monoisotopic (exact) mass is 610 g/mol. The minimum atomic E-state index is -4.12. The third-order valence-electron chi connectivity index (χ3n) is 9.25. The molecular weight excluding hydrogens is 568 g/mol. The number of fused-ring (bicyclic) bond motifs is 1. The van der Waals surface area contributed by atoms with Gasteiger partial charge in [-0.05, 0) is 107 Å². The molecule has 2 amide bonds. The minimum absolute atomic E-state index is 0.0196. The van der Waals surface area contributed by atoms with Gasteiger partial charge in [-0.1, -0.05) is 23.8 Å². The van der Waals surface area contributed by atoms with Gasteiger partial charge in [0.15, 0.2) is 0 Å². The fourth-order valence-electron chi connectivity index (χ4n) is 7.26. The fraction of sp³-hybridized carbons (Fsp3) is 0.562. The van der Waals surface area contributed by atoms with Crippen LogP contribution < -0.4 is 15.4 Å². The highest BCUT2D eigenvalue weighted by Crippen LogP contribution is 2.58. The largest absolute Gasteiger partial charge is 0.480 e. The molecule has 0 aliphatic heterocycles. The van der Waals surface area contributed by atoms with Gasteiger partial charge in [-0.15, -0.1) is 0 Å². The van der Waals surface area contributed by atoms with Crippen molar-refractivity contribution >= 4 is 27.8 Å². The number of benzene rings is 1. The van der Waals surface area contributed by atoms with E-state index in [9.17, 15) is 27.9 Å². The van der Waals surface area contributed by atoms with Gasteiger partial charge in [0, 0.05) is 36.3 Å². The third-order valence-corrected chi connectivity index (χ3v) is 11.0. The molecule has 3 aliphatic carbocycles.